The van der Waals surface area contributed by atoms with E-state index in [1.807, 2.05) is 0 Å². The smallest absolute Gasteiger partial charge is 0.223 e. The topological polar surface area (TPSA) is 20.3 Å². The fourth-order valence-electron chi connectivity index (χ4n) is 3.37. The fraction of sp³-hybridized carbons (Fsp3) is 0.562. The largest absolute Gasteiger partial charge is 0.343 e. The van der Waals surface area contributed by atoms with Gasteiger partial charge in [0, 0.05) is 19.5 Å². The molecule has 0 bridgehead atoms. The molecular formula is C16H21NO. The van der Waals surface area contributed by atoms with Crippen LogP contribution in [0, 0.1) is 0 Å². The molecule has 0 N–H and O–H groups in total. The van der Waals surface area contributed by atoms with Crippen LogP contribution in [-0.4, -0.2) is 23.9 Å². The molecule has 18 heavy (non-hydrogen) atoms. The number of fused-ring (bicyclic) bond motifs is 1. The second-order valence-corrected chi connectivity index (χ2v) is 5.58. The van der Waals surface area contributed by atoms with Crippen LogP contribution in [0.25, 0.3) is 0 Å². The van der Waals surface area contributed by atoms with Crippen LogP contribution in [0.1, 0.15) is 49.1 Å². The van der Waals surface area contributed by atoms with Gasteiger partial charge < -0.3 is 4.90 Å². The summed E-state index contributed by atoms with van der Waals surface area (Å²) in [5.41, 5.74) is 2.89. The summed E-state index contributed by atoms with van der Waals surface area (Å²) in [6.07, 6.45) is 6.69. The number of hydrogen-bond acceptors (Lipinski definition) is 1. The zero-order valence-corrected chi connectivity index (χ0v) is 10.9. The molecular weight excluding hydrogens is 222 g/mol. The molecule has 0 spiro atoms. The SMILES string of the molecule is O=C(CC1CCCc2ccccc21)N1CCCC1. The Bertz CT molecular complexity index is 434. The minimum absolute atomic E-state index is 0.370. The number of aryl methyl sites for hydroxylation is 1. The average molecular weight is 243 g/mol. The van der Waals surface area contributed by atoms with E-state index in [0.717, 1.165) is 19.5 Å². The Morgan fingerprint density at radius 3 is 2.78 bits per heavy atom. The summed E-state index contributed by atoms with van der Waals surface area (Å²) >= 11 is 0. The third-order valence-electron chi connectivity index (χ3n) is 4.37. The van der Waals surface area contributed by atoms with Crippen LogP contribution < -0.4 is 0 Å². The third-order valence-corrected chi connectivity index (χ3v) is 4.37. The van der Waals surface area contributed by atoms with E-state index >= 15 is 0 Å². The number of benzene rings is 1. The number of nitrogens with zero attached hydrogens (tertiary/aromatic N) is 1. The van der Waals surface area contributed by atoms with E-state index in [1.165, 1.54) is 43.2 Å². The quantitative estimate of drug-likeness (QED) is 0.781. The highest BCUT2D eigenvalue weighted by Gasteiger charge is 2.25. The Morgan fingerprint density at radius 1 is 1.17 bits per heavy atom. The van der Waals surface area contributed by atoms with Gasteiger partial charge in [-0.05, 0) is 49.1 Å². The molecule has 0 aromatic heterocycles. The number of amides is 1. The first-order chi connectivity index (χ1) is 8.84. The van der Waals surface area contributed by atoms with Crippen molar-refractivity contribution >= 4 is 5.91 Å². The van der Waals surface area contributed by atoms with Crippen molar-refractivity contribution in [3.63, 3.8) is 0 Å². The highest BCUT2D eigenvalue weighted by Crippen LogP contribution is 2.34. The molecule has 1 fully saturated rings. The van der Waals surface area contributed by atoms with E-state index in [0.29, 0.717) is 11.8 Å². The summed E-state index contributed by atoms with van der Waals surface area (Å²) in [6, 6.07) is 8.67. The Morgan fingerprint density at radius 2 is 1.94 bits per heavy atom. The predicted octanol–water partition coefficient (Wildman–Crippen LogP) is 3.12. The average Bonchev–Trinajstić information content (AvgIpc) is 2.93. The molecule has 0 radical (unpaired) electrons. The van der Waals surface area contributed by atoms with Gasteiger partial charge in [0.05, 0.1) is 0 Å². The van der Waals surface area contributed by atoms with Crippen LogP contribution in [0.5, 0.6) is 0 Å². The molecule has 1 aliphatic carbocycles. The monoisotopic (exact) mass is 243 g/mol. The van der Waals surface area contributed by atoms with Gasteiger partial charge in [0.2, 0.25) is 5.91 Å². The molecule has 3 rings (SSSR count). The van der Waals surface area contributed by atoms with Crippen molar-refractivity contribution in [1.29, 1.82) is 0 Å². The van der Waals surface area contributed by atoms with Crippen LogP contribution in [-0.2, 0) is 11.2 Å². The second kappa shape index (κ2) is 5.13. The maximum Gasteiger partial charge on any atom is 0.223 e. The molecule has 1 aromatic rings. The van der Waals surface area contributed by atoms with Gasteiger partial charge in [-0.2, -0.15) is 0 Å². The molecule has 1 atom stereocenters. The first kappa shape index (κ1) is 11.8. The van der Waals surface area contributed by atoms with E-state index in [9.17, 15) is 4.79 Å². The third kappa shape index (κ3) is 2.29. The standard InChI is InChI=1S/C16H21NO/c18-16(17-10-3-4-11-17)12-14-8-5-7-13-6-1-2-9-15(13)14/h1-2,6,9,14H,3-5,7-8,10-12H2. The lowest BCUT2D eigenvalue weighted by Crippen LogP contribution is -2.29. The van der Waals surface area contributed by atoms with Gasteiger partial charge >= 0.3 is 0 Å². The molecule has 1 unspecified atom stereocenters. The summed E-state index contributed by atoms with van der Waals surface area (Å²) in [5.74, 6) is 0.831. The number of likely N-dealkylation sites (tertiary alicyclic amines) is 1. The highest BCUT2D eigenvalue weighted by atomic mass is 16.2. The van der Waals surface area contributed by atoms with Gasteiger partial charge in [-0.3, -0.25) is 4.79 Å². The number of carbonyl (C=O) groups is 1. The predicted molar refractivity (Wildman–Crippen MR) is 72.6 cm³/mol. The Labute approximate surface area is 109 Å². The fourth-order valence-corrected chi connectivity index (χ4v) is 3.37. The molecule has 96 valence electrons. The maximum absolute atomic E-state index is 12.2. The highest BCUT2D eigenvalue weighted by molar-refractivity contribution is 5.77. The Kier molecular flexibility index (Phi) is 3.35. The van der Waals surface area contributed by atoms with Gasteiger partial charge in [0.1, 0.15) is 0 Å². The molecule has 1 heterocycles. The summed E-state index contributed by atoms with van der Waals surface area (Å²) < 4.78 is 0. The van der Waals surface area contributed by atoms with E-state index in [-0.39, 0.29) is 0 Å². The van der Waals surface area contributed by atoms with Crippen LogP contribution in [0.4, 0.5) is 0 Å². The maximum atomic E-state index is 12.2. The molecule has 2 aliphatic rings. The lowest BCUT2D eigenvalue weighted by molar-refractivity contribution is -0.130. The summed E-state index contributed by atoms with van der Waals surface area (Å²) in [6.45, 7) is 1.96. The van der Waals surface area contributed by atoms with E-state index in [4.69, 9.17) is 0 Å². The van der Waals surface area contributed by atoms with Gasteiger partial charge in [-0.1, -0.05) is 24.3 Å². The van der Waals surface area contributed by atoms with E-state index < -0.39 is 0 Å². The summed E-state index contributed by atoms with van der Waals surface area (Å²) in [4.78, 5) is 14.3. The molecule has 1 aromatic carbocycles. The van der Waals surface area contributed by atoms with Crippen LogP contribution >= 0.6 is 0 Å². The number of rotatable bonds is 2. The number of carbonyl (C=O) groups excluding carboxylic acids is 1. The molecule has 2 nitrogen and oxygen atoms in total. The first-order valence-electron chi connectivity index (χ1n) is 7.20. The minimum atomic E-state index is 0.370. The van der Waals surface area contributed by atoms with Crippen LogP contribution in [0.2, 0.25) is 0 Å². The lowest BCUT2D eigenvalue weighted by Gasteiger charge is -2.26. The zero-order valence-electron chi connectivity index (χ0n) is 10.9. The summed E-state index contributed by atoms with van der Waals surface area (Å²) in [5, 5.41) is 0. The molecule has 1 saturated heterocycles. The minimum Gasteiger partial charge on any atom is -0.343 e. The van der Waals surface area contributed by atoms with Crippen molar-refractivity contribution in [3.05, 3.63) is 35.4 Å². The van der Waals surface area contributed by atoms with Crippen molar-refractivity contribution in [2.75, 3.05) is 13.1 Å². The molecule has 2 heteroatoms. The lowest BCUT2D eigenvalue weighted by atomic mass is 9.81. The van der Waals surface area contributed by atoms with Gasteiger partial charge in [-0.15, -0.1) is 0 Å². The van der Waals surface area contributed by atoms with Crippen molar-refractivity contribution in [3.8, 4) is 0 Å². The van der Waals surface area contributed by atoms with Crippen molar-refractivity contribution in [2.45, 2.75) is 44.4 Å². The van der Waals surface area contributed by atoms with Crippen molar-refractivity contribution in [2.24, 2.45) is 0 Å². The van der Waals surface area contributed by atoms with Crippen molar-refractivity contribution in [1.82, 2.24) is 4.90 Å². The molecule has 1 aliphatic heterocycles. The Hall–Kier alpha value is -1.31. The van der Waals surface area contributed by atoms with E-state index in [1.54, 1.807) is 0 Å². The van der Waals surface area contributed by atoms with E-state index in [2.05, 4.69) is 29.2 Å². The number of hydrogen-bond donors (Lipinski definition) is 0. The summed E-state index contributed by atoms with van der Waals surface area (Å²) in [7, 11) is 0. The van der Waals surface area contributed by atoms with Gasteiger partial charge in [0.15, 0.2) is 0 Å². The van der Waals surface area contributed by atoms with Gasteiger partial charge in [0.25, 0.3) is 0 Å². The normalized spacial score (nSPS) is 22.9. The first-order valence-corrected chi connectivity index (χ1v) is 7.20. The van der Waals surface area contributed by atoms with Crippen LogP contribution in [0.15, 0.2) is 24.3 Å². The molecule has 0 saturated carbocycles. The Balaban J connectivity index is 1.72. The second-order valence-electron chi connectivity index (χ2n) is 5.58. The van der Waals surface area contributed by atoms with Crippen LogP contribution in [0.3, 0.4) is 0 Å². The zero-order chi connectivity index (χ0) is 12.4. The van der Waals surface area contributed by atoms with Crippen molar-refractivity contribution < 1.29 is 4.79 Å². The molecule has 1 amide bonds. The van der Waals surface area contributed by atoms with Gasteiger partial charge in [-0.25, -0.2) is 0 Å².